The molecule has 0 rings (SSSR count). The molecule has 76 valence electrons. The molecule has 3 N–H and O–H groups in total. The third-order valence-electron chi connectivity index (χ3n) is 2.50. The van der Waals surface area contributed by atoms with Crippen LogP contribution < -0.4 is 11.2 Å². The molecule has 0 radical (unpaired) electrons. The lowest BCUT2D eigenvalue weighted by atomic mass is 9.90. The highest BCUT2D eigenvalue weighted by atomic mass is 32.1. The number of nitrogens with zero attached hydrogens (tertiary/aromatic N) is 1. The molecule has 0 aliphatic rings. The monoisotopic (exact) mass is 201 g/mol. The summed E-state index contributed by atoms with van der Waals surface area (Å²) in [5.74, 6) is 1.10. The van der Waals surface area contributed by atoms with Crippen molar-refractivity contribution in [3.63, 3.8) is 0 Å². The van der Waals surface area contributed by atoms with E-state index in [-0.39, 0.29) is 5.11 Å². The van der Waals surface area contributed by atoms with Gasteiger partial charge in [-0.25, -0.2) is 0 Å². The molecule has 0 bridgehead atoms. The molecule has 3 nitrogen and oxygen atoms in total. The van der Waals surface area contributed by atoms with Gasteiger partial charge in [0.25, 0.3) is 0 Å². The van der Waals surface area contributed by atoms with Gasteiger partial charge in [-0.2, -0.15) is 5.10 Å². The standard InChI is InChI=1S/C9H19N3S/c1-5-6(2)7(3)8(4)11-12-9(10)13/h6-7H,5H2,1-4H3,(H3,10,12,13)/b11-8-. The van der Waals surface area contributed by atoms with Crippen molar-refractivity contribution in [2.75, 3.05) is 0 Å². The van der Waals surface area contributed by atoms with E-state index in [1.807, 2.05) is 6.92 Å². The molecule has 0 aromatic carbocycles. The summed E-state index contributed by atoms with van der Waals surface area (Å²) >= 11 is 4.65. The second-order valence-corrected chi connectivity index (χ2v) is 3.84. The van der Waals surface area contributed by atoms with Crippen LogP contribution >= 0.6 is 12.2 Å². The minimum atomic E-state index is 0.218. The van der Waals surface area contributed by atoms with Crippen LogP contribution in [0.2, 0.25) is 0 Å². The van der Waals surface area contributed by atoms with E-state index in [4.69, 9.17) is 5.73 Å². The molecule has 2 atom stereocenters. The molecule has 0 spiro atoms. The largest absolute Gasteiger partial charge is 0.375 e. The van der Waals surface area contributed by atoms with Crippen LogP contribution in [-0.2, 0) is 0 Å². The third kappa shape index (κ3) is 4.83. The number of rotatable bonds is 4. The quantitative estimate of drug-likeness (QED) is 0.415. The summed E-state index contributed by atoms with van der Waals surface area (Å²) in [6.45, 7) is 8.54. The third-order valence-corrected chi connectivity index (χ3v) is 2.59. The summed E-state index contributed by atoms with van der Waals surface area (Å²) in [4.78, 5) is 0. The number of hydrogen-bond donors (Lipinski definition) is 2. The molecular weight excluding hydrogens is 182 g/mol. The molecule has 0 saturated carbocycles. The highest BCUT2D eigenvalue weighted by molar-refractivity contribution is 7.80. The van der Waals surface area contributed by atoms with Crippen LogP contribution in [0.5, 0.6) is 0 Å². The Hall–Kier alpha value is -0.640. The van der Waals surface area contributed by atoms with E-state index in [1.54, 1.807) is 0 Å². The highest BCUT2D eigenvalue weighted by Crippen LogP contribution is 2.15. The summed E-state index contributed by atoms with van der Waals surface area (Å²) < 4.78 is 0. The van der Waals surface area contributed by atoms with E-state index in [9.17, 15) is 0 Å². The molecule has 0 fully saturated rings. The molecule has 0 amide bonds. The SMILES string of the molecule is CCC(C)C(C)/C(C)=N\NC(N)=S. The lowest BCUT2D eigenvalue weighted by molar-refractivity contribution is 0.466. The number of hydrogen-bond acceptors (Lipinski definition) is 2. The fourth-order valence-corrected chi connectivity index (χ4v) is 1.06. The molecule has 2 unspecified atom stereocenters. The number of thiocarbonyl (C=S) groups is 1. The zero-order chi connectivity index (χ0) is 10.4. The van der Waals surface area contributed by atoms with Gasteiger partial charge in [0, 0.05) is 5.71 Å². The Morgan fingerprint density at radius 2 is 2.08 bits per heavy atom. The maximum atomic E-state index is 5.26. The van der Waals surface area contributed by atoms with Gasteiger partial charge in [-0.15, -0.1) is 0 Å². The lowest BCUT2D eigenvalue weighted by Crippen LogP contribution is -2.27. The van der Waals surface area contributed by atoms with E-state index in [2.05, 4.69) is 43.5 Å². The Kier molecular flexibility index (Phi) is 5.62. The predicted octanol–water partition coefficient (Wildman–Crippen LogP) is 1.88. The van der Waals surface area contributed by atoms with Crippen molar-refractivity contribution in [3.8, 4) is 0 Å². The van der Waals surface area contributed by atoms with Gasteiger partial charge in [0.05, 0.1) is 0 Å². The second kappa shape index (κ2) is 5.91. The summed E-state index contributed by atoms with van der Waals surface area (Å²) in [6.07, 6.45) is 1.15. The number of hydrazone groups is 1. The number of nitrogens with one attached hydrogen (secondary N) is 1. The van der Waals surface area contributed by atoms with Crippen molar-refractivity contribution < 1.29 is 0 Å². The van der Waals surface area contributed by atoms with Gasteiger partial charge in [0.2, 0.25) is 0 Å². The Balaban J connectivity index is 4.15. The molecule has 0 heterocycles. The van der Waals surface area contributed by atoms with Crippen molar-refractivity contribution in [2.45, 2.75) is 34.1 Å². The molecule has 0 aromatic heterocycles. The van der Waals surface area contributed by atoms with E-state index >= 15 is 0 Å². The van der Waals surface area contributed by atoms with Crippen molar-refractivity contribution in [2.24, 2.45) is 22.7 Å². The molecule has 0 aliphatic carbocycles. The van der Waals surface area contributed by atoms with Gasteiger partial charge < -0.3 is 5.73 Å². The maximum absolute atomic E-state index is 5.26. The first-order chi connectivity index (χ1) is 5.99. The highest BCUT2D eigenvalue weighted by Gasteiger charge is 2.12. The normalized spacial score (nSPS) is 16.5. The van der Waals surface area contributed by atoms with Gasteiger partial charge in [-0.3, -0.25) is 5.43 Å². The summed E-state index contributed by atoms with van der Waals surface area (Å²) in [5.41, 5.74) is 8.91. The Labute approximate surface area is 85.8 Å². The minimum absolute atomic E-state index is 0.218. The van der Waals surface area contributed by atoms with Crippen molar-refractivity contribution in [1.29, 1.82) is 0 Å². The first kappa shape index (κ1) is 12.4. The Morgan fingerprint density at radius 3 is 2.46 bits per heavy atom. The average molecular weight is 201 g/mol. The van der Waals surface area contributed by atoms with Gasteiger partial charge >= 0.3 is 0 Å². The van der Waals surface area contributed by atoms with Crippen molar-refractivity contribution in [1.82, 2.24) is 5.43 Å². The summed E-state index contributed by atoms with van der Waals surface area (Å²) in [7, 11) is 0. The van der Waals surface area contributed by atoms with E-state index < -0.39 is 0 Å². The summed E-state index contributed by atoms with van der Waals surface area (Å²) in [6, 6.07) is 0. The van der Waals surface area contributed by atoms with Gasteiger partial charge in [-0.1, -0.05) is 27.2 Å². The number of nitrogens with two attached hydrogens (primary N) is 1. The molecule has 0 aromatic rings. The van der Waals surface area contributed by atoms with Gasteiger partial charge in [0.1, 0.15) is 0 Å². The summed E-state index contributed by atoms with van der Waals surface area (Å²) in [5, 5.41) is 4.31. The zero-order valence-corrected chi connectivity index (χ0v) is 9.61. The Bertz CT molecular complexity index is 201. The lowest BCUT2D eigenvalue weighted by Gasteiger charge is -2.17. The van der Waals surface area contributed by atoms with Crippen LogP contribution in [-0.4, -0.2) is 10.8 Å². The van der Waals surface area contributed by atoms with E-state index in [1.165, 1.54) is 0 Å². The fraction of sp³-hybridized carbons (Fsp3) is 0.778. The molecule has 0 saturated heterocycles. The topological polar surface area (TPSA) is 50.4 Å². The van der Waals surface area contributed by atoms with Crippen LogP contribution in [0.4, 0.5) is 0 Å². The van der Waals surface area contributed by atoms with Crippen LogP contribution in [0.3, 0.4) is 0 Å². The van der Waals surface area contributed by atoms with E-state index in [0.717, 1.165) is 12.1 Å². The van der Waals surface area contributed by atoms with Crippen LogP contribution in [0.1, 0.15) is 34.1 Å². The second-order valence-electron chi connectivity index (χ2n) is 3.40. The minimum Gasteiger partial charge on any atom is -0.375 e. The molecular formula is C9H19N3S. The van der Waals surface area contributed by atoms with Crippen molar-refractivity contribution >= 4 is 23.0 Å². The fourth-order valence-electron chi connectivity index (χ4n) is 1.01. The first-order valence-electron chi connectivity index (χ1n) is 4.58. The van der Waals surface area contributed by atoms with E-state index in [0.29, 0.717) is 11.8 Å². The first-order valence-corrected chi connectivity index (χ1v) is 4.99. The van der Waals surface area contributed by atoms with Crippen LogP contribution in [0.15, 0.2) is 5.10 Å². The van der Waals surface area contributed by atoms with Crippen molar-refractivity contribution in [3.05, 3.63) is 0 Å². The smallest absolute Gasteiger partial charge is 0.184 e. The van der Waals surface area contributed by atoms with Crippen LogP contribution in [0, 0.1) is 11.8 Å². The molecule has 4 heteroatoms. The Morgan fingerprint density at radius 1 is 1.54 bits per heavy atom. The zero-order valence-electron chi connectivity index (χ0n) is 8.79. The van der Waals surface area contributed by atoms with Crippen LogP contribution in [0.25, 0.3) is 0 Å². The molecule has 0 aliphatic heterocycles. The average Bonchev–Trinajstić information content (AvgIpc) is 2.11. The maximum Gasteiger partial charge on any atom is 0.184 e. The van der Waals surface area contributed by atoms with Gasteiger partial charge in [0.15, 0.2) is 5.11 Å². The molecule has 13 heavy (non-hydrogen) atoms. The van der Waals surface area contributed by atoms with Gasteiger partial charge in [-0.05, 0) is 31.0 Å². The predicted molar refractivity (Wildman–Crippen MR) is 61.6 cm³/mol.